The number of amides is 1. The fourth-order valence-electron chi connectivity index (χ4n) is 1.87. The summed E-state index contributed by atoms with van der Waals surface area (Å²) in [7, 11) is 1.69. The van der Waals surface area contributed by atoms with Gasteiger partial charge >= 0.3 is 0 Å². The highest BCUT2D eigenvalue weighted by Crippen LogP contribution is 2.14. The SMILES string of the molecule is CCn1cnnc1CNC(=O)c1c(N)c(C)nn1C. The lowest BCUT2D eigenvalue weighted by Gasteiger charge is -2.06. The topological polar surface area (TPSA) is 104 Å². The zero-order valence-corrected chi connectivity index (χ0v) is 11.2. The standard InChI is InChI=1S/C11H17N7O/c1-4-18-6-14-15-8(18)5-13-11(19)10-9(12)7(2)16-17(10)3/h6H,4-5,12H2,1-3H3,(H,13,19). The number of nitrogens with one attached hydrogen (secondary N) is 1. The van der Waals surface area contributed by atoms with Crippen molar-refractivity contribution < 1.29 is 4.79 Å². The van der Waals surface area contributed by atoms with E-state index in [2.05, 4.69) is 20.6 Å². The Labute approximate surface area is 110 Å². The second kappa shape index (κ2) is 5.09. The van der Waals surface area contributed by atoms with Crippen LogP contribution in [0.5, 0.6) is 0 Å². The number of hydrogen-bond donors (Lipinski definition) is 2. The largest absolute Gasteiger partial charge is 0.395 e. The van der Waals surface area contributed by atoms with Crippen LogP contribution in [0.1, 0.15) is 28.9 Å². The van der Waals surface area contributed by atoms with Gasteiger partial charge in [0.2, 0.25) is 0 Å². The van der Waals surface area contributed by atoms with Crippen molar-refractivity contribution >= 4 is 11.6 Å². The monoisotopic (exact) mass is 263 g/mol. The molecule has 0 saturated carbocycles. The zero-order chi connectivity index (χ0) is 14.0. The van der Waals surface area contributed by atoms with Gasteiger partial charge in [0.25, 0.3) is 5.91 Å². The summed E-state index contributed by atoms with van der Waals surface area (Å²) in [5.74, 6) is 0.430. The molecule has 0 unspecified atom stereocenters. The molecule has 8 heteroatoms. The molecular weight excluding hydrogens is 246 g/mol. The van der Waals surface area contributed by atoms with E-state index in [9.17, 15) is 4.79 Å². The number of rotatable bonds is 4. The molecule has 3 N–H and O–H groups in total. The van der Waals surface area contributed by atoms with Crippen molar-refractivity contribution in [1.82, 2.24) is 29.9 Å². The van der Waals surface area contributed by atoms with Gasteiger partial charge in [0.15, 0.2) is 5.82 Å². The van der Waals surface area contributed by atoms with E-state index in [-0.39, 0.29) is 5.91 Å². The quantitative estimate of drug-likeness (QED) is 0.798. The van der Waals surface area contributed by atoms with Gasteiger partial charge in [-0.2, -0.15) is 5.10 Å². The molecule has 2 aromatic rings. The van der Waals surface area contributed by atoms with Gasteiger partial charge < -0.3 is 15.6 Å². The summed E-state index contributed by atoms with van der Waals surface area (Å²) in [6.07, 6.45) is 1.63. The first-order valence-electron chi connectivity index (χ1n) is 5.98. The minimum absolute atomic E-state index is 0.272. The Morgan fingerprint density at radius 2 is 2.26 bits per heavy atom. The summed E-state index contributed by atoms with van der Waals surface area (Å²) in [6.45, 7) is 4.80. The van der Waals surface area contributed by atoms with Crippen LogP contribution >= 0.6 is 0 Å². The molecule has 8 nitrogen and oxygen atoms in total. The van der Waals surface area contributed by atoms with Crippen molar-refractivity contribution in [1.29, 1.82) is 0 Å². The Morgan fingerprint density at radius 1 is 1.53 bits per heavy atom. The molecule has 1 amide bonds. The summed E-state index contributed by atoms with van der Waals surface area (Å²) in [6, 6.07) is 0. The van der Waals surface area contributed by atoms with Crippen LogP contribution in [-0.4, -0.2) is 30.5 Å². The Kier molecular flexibility index (Phi) is 3.50. The van der Waals surface area contributed by atoms with E-state index in [0.717, 1.165) is 6.54 Å². The fourth-order valence-corrected chi connectivity index (χ4v) is 1.87. The van der Waals surface area contributed by atoms with E-state index in [4.69, 9.17) is 5.73 Å². The van der Waals surface area contributed by atoms with Crippen LogP contribution in [-0.2, 0) is 20.1 Å². The van der Waals surface area contributed by atoms with Crippen molar-refractivity contribution in [2.75, 3.05) is 5.73 Å². The Bertz CT molecular complexity index is 598. The number of carbonyl (C=O) groups is 1. The molecule has 0 aromatic carbocycles. The molecule has 0 atom stereocenters. The number of carbonyl (C=O) groups excluding carboxylic acids is 1. The summed E-state index contributed by atoms with van der Waals surface area (Å²) < 4.78 is 3.34. The third-order valence-electron chi connectivity index (χ3n) is 2.93. The smallest absolute Gasteiger partial charge is 0.272 e. The lowest BCUT2D eigenvalue weighted by Crippen LogP contribution is -2.27. The minimum atomic E-state index is -0.272. The van der Waals surface area contributed by atoms with E-state index in [0.29, 0.717) is 29.4 Å². The zero-order valence-electron chi connectivity index (χ0n) is 11.2. The fraction of sp³-hybridized carbons (Fsp3) is 0.455. The molecule has 2 heterocycles. The summed E-state index contributed by atoms with van der Waals surface area (Å²) in [5.41, 5.74) is 7.24. The van der Waals surface area contributed by atoms with Crippen LogP contribution in [0.15, 0.2) is 6.33 Å². The van der Waals surface area contributed by atoms with Crippen molar-refractivity contribution in [3.63, 3.8) is 0 Å². The lowest BCUT2D eigenvalue weighted by molar-refractivity contribution is 0.0941. The van der Waals surface area contributed by atoms with Crippen LogP contribution in [0.25, 0.3) is 0 Å². The second-order valence-electron chi connectivity index (χ2n) is 4.19. The van der Waals surface area contributed by atoms with E-state index >= 15 is 0 Å². The molecule has 0 spiro atoms. The predicted octanol–water partition coefficient (Wildman–Crippen LogP) is -0.148. The maximum Gasteiger partial charge on any atom is 0.272 e. The number of aryl methyl sites for hydroxylation is 3. The van der Waals surface area contributed by atoms with Crippen molar-refractivity contribution in [3.05, 3.63) is 23.5 Å². The third-order valence-corrected chi connectivity index (χ3v) is 2.93. The maximum atomic E-state index is 12.1. The molecular formula is C11H17N7O. The first kappa shape index (κ1) is 13.1. The van der Waals surface area contributed by atoms with Crippen LogP contribution in [0.3, 0.4) is 0 Å². The molecule has 0 radical (unpaired) electrons. The average Bonchev–Trinajstić information content (AvgIpc) is 2.92. The van der Waals surface area contributed by atoms with E-state index in [1.165, 1.54) is 4.68 Å². The average molecular weight is 263 g/mol. The van der Waals surface area contributed by atoms with Crippen molar-refractivity contribution in [2.45, 2.75) is 26.9 Å². The van der Waals surface area contributed by atoms with Gasteiger partial charge in [0, 0.05) is 13.6 Å². The molecule has 0 bridgehead atoms. The maximum absolute atomic E-state index is 12.1. The van der Waals surface area contributed by atoms with E-state index in [1.54, 1.807) is 20.3 Å². The highest BCUT2D eigenvalue weighted by atomic mass is 16.2. The predicted molar refractivity (Wildman–Crippen MR) is 69.2 cm³/mol. The Balaban J connectivity index is 2.10. The molecule has 0 saturated heterocycles. The van der Waals surface area contributed by atoms with Gasteiger partial charge in [-0.25, -0.2) is 0 Å². The second-order valence-corrected chi connectivity index (χ2v) is 4.19. The highest BCUT2D eigenvalue weighted by Gasteiger charge is 2.18. The van der Waals surface area contributed by atoms with Gasteiger partial charge in [-0.05, 0) is 13.8 Å². The molecule has 0 aliphatic carbocycles. The van der Waals surface area contributed by atoms with Gasteiger partial charge in [0.05, 0.1) is 17.9 Å². The number of nitrogen functional groups attached to an aromatic ring is 1. The molecule has 0 aliphatic rings. The summed E-state index contributed by atoms with van der Waals surface area (Å²) >= 11 is 0. The molecule has 102 valence electrons. The molecule has 0 aliphatic heterocycles. The number of hydrogen-bond acceptors (Lipinski definition) is 5. The highest BCUT2D eigenvalue weighted by molar-refractivity contribution is 5.97. The van der Waals surface area contributed by atoms with Crippen LogP contribution in [0.2, 0.25) is 0 Å². The van der Waals surface area contributed by atoms with Crippen LogP contribution < -0.4 is 11.1 Å². The third kappa shape index (κ3) is 2.42. The number of anilines is 1. The number of aromatic nitrogens is 5. The first-order valence-corrected chi connectivity index (χ1v) is 5.98. The van der Waals surface area contributed by atoms with E-state index in [1.807, 2.05) is 11.5 Å². The molecule has 2 aromatic heterocycles. The Morgan fingerprint density at radius 3 is 2.84 bits per heavy atom. The molecule has 0 fully saturated rings. The molecule has 19 heavy (non-hydrogen) atoms. The van der Waals surface area contributed by atoms with E-state index < -0.39 is 0 Å². The number of nitrogens with zero attached hydrogens (tertiary/aromatic N) is 5. The first-order chi connectivity index (χ1) is 9.04. The van der Waals surface area contributed by atoms with Crippen molar-refractivity contribution in [2.24, 2.45) is 7.05 Å². The minimum Gasteiger partial charge on any atom is -0.395 e. The summed E-state index contributed by atoms with van der Waals surface area (Å²) in [5, 5.41) is 14.6. The van der Waals surface area contributed by atoms with Gasteiger partial charge in [-0.1, -0.05) is 0 Å². The van der Waals surface area contributed by atoms with Crippen LogP contribution in [0.4, 0.5) is 5.69 Å². The van der Waals surface area contributed by atoms with Crippen molar-refractivity contribution in [3.8, 4) is 0 Å². The normalized spacial score (nSPS) is 10.7. The summed E-state index contributed by atoms with van der Waals surface area (Å²) in [4.78, 5) is 12.1. The van der Waals surface area contributed by atoms with Crippen LogP contribution in [0, 0.1) is 6.92 Å². The Hall–Kier alpha value is -2.38. The lowest BCUT2D eigenvalue weighted by atomic mass is 10.3. The van der Waals surface area contributed by atoms with Gasteiger partial charge in [-0.15, -0.1) is 10.2 Å². The van der Waals surface area contributed by atoms with Gasteiger partial charge in [-0.3, -0.25) is 9.48 Å². The van der Waals surface area contributed by atoms with Gasteiger partial charge in [0.1, 0.15) is 12.0 Å². The number of nitrogens with two attached hydrogens (primary N) is 1. The molecule has 2 rings (SSSR count).